The van der Waals surface area contributed by atoms with E-state index in [1.165, 1.54) is 0 Å². The monoisotopic (exact) mass is 190 g/mol. The summed E-state index contributed by atoms with van der Waals surface area (Å²) in [5, 5.41) is 0. The predicted molar refractivity (Wildman–Crippen MR) is 54.6 cm³/mol. The van der Waals surface area contributed by atoms with Crippen LogP contribution in [0.25, 0.3) is 0 Å². The maximum Gasteiger partial charge on any atom is 0.343 e. The van der Waals surface area contributed by atoms with Gasteiger partial charge in [-0.05, 0) is 18.0 Å². The SMILES string of the molecule is CCO[Si](OC)(C(C)C)C(C)C. The Labute approximate surface area is 77.5 Å². The van der Waals surface area contributed by atoms with Gasteiger partial charge in [0.25, 0.3) is 0 Å². The summed E-state index contributed by atoms with van der Waals surface area (Å²) in [6.07, 6.45) is 0. The average Bonchev–Trinajstić information content (AvgIpc) is 1.98. The second kappa shape index (κ2) is 4.99. The second-order valence-corrected chi connectivity index (χ2v) is 8.12. The lowest BCUT2D eigenvalue weighted by molar-refractivity contribution is 0.192. The highest BCUT2D eigenvalue weighted by molar-refractivity contribution is 6.70. The Morgan fingerprint density at radius 3 is 1.58 bits per heavy atom. The Morgan fingerprint density at radius 1 is 1.08 bits per heavy atom. The Balaban J connectivity index is 4.51. The fourth-order valence-electron chi connectivity index (χ4n) is 1.76. The van der Waals surface area contributed by atoms with Crippen molar-refractivity contribution in [2.75, 3.05) is 13.7 Å². The number of hydrogen-bond acceptors (Lipinski definition) is 2. The van der Waals surface area contributed by atoms with Gasteiger partial charge >= 0.3 is 8.56 Å². The van der Waals surface area contributed by atoms with E-state index in [0.29, 0.717) is 11.1 Å². The van der Waals surface area contributed by atoms with E-state index in [1.54, 1.807) is 7.11 Å². The van der Waals surface area contributed by atoms with Crippen molar-refractivity contribution in [1.29, 1.82) is 0 Å². The standard InChI is InChI=1S/C9H22O2Si/c1-7-11-12(10-6,8(2)3)9(4)5/h8-9H,7H2,1-6H3. The molecule has 0 aromatic carbocycles. The molecule has 0 aliphatic carbocycles. The molecule has 74 valence electrons. The molecular weight excluding hydrogens is 168 g/mol. The summed E-state index contributed by atoms with van der Waals surface area (Å²) >= 11 is 0. The molecule has 0 fully saturated rings. The van der Waals surface area contributed by atoms with Crippen molar-refractivity contribution < 1.29 is 8.85 Å². The van der Waals surface area contributed by atoms with Crippen LogP contribution < -0.4 is 0 Å². The van der Waals surface area contributed by atoms with Gasteiger partial charge in [0.05, 0.1) is 0 Å². The normalized spacial score (nSPS) is 13.0. The first-order valence-electron chi connectivity index (χ1n) is 4.70. The molecule has 0 N–H and O–H groups in total. The van der Waals surface area contributed by atoms with Gasteiger partial charge in [-0.15, -0.1) is 0 Å². The Hall–Kier alpha value is 0.137. The van der Waals surface area contributed by atoms with Crippen LogP contribution in [0.4, 0.5) is 0 Å². The minimum atomic E-state index is -1.92. The second-order valence-electron chi connectivity index (χ2n) is 3.67. The molecule has 0 rings (SSSR count). The molecule has 0 aliphatic rings. The Bertz CT molecular complexity index is 116. The van der Waals surface area contributed by atoms with Crippen LogP contribution in [0.3, 0.4) is 0 Å². The molecule has 0 spiro atoms. The van der Waals surface area contributed by atoms with Gasteiger partial charge in [0.2, 0.25) is 0 Å². The smallest absolute Gasteiger partial charge is 0.343 e. The molecule has 0 amide bonds. The van der Waals surface area contributed by atoms with E-state index in [9.17, 15) is 0 Å². The van der Waals surface area contributed by atoms with Crippen molar-refractivity contribution in [2.45, 2.75) is 45.7 Å². The minimum Gasteiger partial charge on any atom is -0.397 e. The number of rotatable bonds is 5. The van der Waals surface area contributed by atoms with Crippen molar-refractivity contribution in [3.8, 4) is 0 Å². The van der Waals surface area contributed by atoms with Crippen molar-refractivity contribution in [2.24, 2.45) is 0 Å². The van der Waals surface area contributed by atoms with Crippen LogP contribution in [0, 0.1) is 0 Å². The summed E-state index contributed by atoms with van der Waals surface area (Å²) in [6.45, 7) is 11.5. The zero-order valence-electron chi connectivity index (χ0n) is 9.18. The molecule has 0 aliphatic heterocycles. The summed E-state index contributed by atoms with van der Waals surface area (Å²) in [5.41, 5.74) is 1.03. The lowest BCUT2D eigenvalue weighted by Gasteiger charge is -2.35. The molecular formula is C9H22O2Si. The molecule has 0 heterocycles. The average molecular weight is 190 g/mol. The molecule has 0 saturated carbocycles. The van der Waals surface area contributed by atoms with Crippen LogP contribution in [0.2, 0.25) is 11.1 Å². The van der Waals surface area contributed by atoms with Gasteiger partial charge in [-0.25, -0.2) is 0 Å². The summed E-state index contributed by atoms with van der Waals surface area (Å²) < 4.78 is 11.4. The van der Waals surface area contributed by atoms with Crippen molar-refractivity contribution in [1.82, 2.24) is 0 Å². The van der Waals surface area contributed by atoms with E-state index in [0.717, 1.165) is 6.61 Å². The minimum absolute atomic E-state index is 0.516. The summed E-state index contributed by atoms with van der Waals surface area (Å²) in [7, 11) is -0.145. The van der Waals surface area contributed by atoms with E-state index in [4.69, 9.17) is 8.85 Å². The third kappa shape index (κ3) is 2.31. The summed E-state index contributed by atoms with van der Waals surface area (Å²) in [5.74, 6) is 0. The van der Waals surface area contributed by atoms with Gasteiger partial charge in [0.15, 0.2) is 0 Å². The highest BCUT2D eigenvalue weighted by Crippen LogP contribution is 2.33. The molecule has 12 heavy (non-hydrogen) atoms. The third-order valence-corrected chi connectivity index (χ3v) is 6.90. The van der Waals surface area contributed by atoms with Crippen molar-refractivity contribution in [3.63, 3.8) is 0 Å². The van der Waals surface area contributed by atoms with Crippen LogP contribution in [0.15, 0.2) is 0 Å². The maximum atomic E-state index is 5.82. The largest absolute Gasteiger partial charge is 0.397 e. The van der Waals surface area contributed by atoms with Gasteiger partial charge in [-0.3, -0.25) is 0 Å². The molecule has 2 nitrogen and oxygen atoms in total. The Kier molecular flexibility index (Phi) is 5.05. The summed E-state index contributed by atoms with van der Waals surface area (Å²) in [4.78, 5) is 0. The van der Waals surface area contributed by atoms with Crippen LogP contribution >= 0.6 is 0 Å². The predicted octanol–water partition coefficient (Wildman–Crippen LogP) is 2.93. The van der Waals surface area contributed by atoms with Gasteiger partial charge in [0.1, 0.15) is 0 Å². The maximum absolute atomic E-state index is 5.82. The molecule has 0 bridgehead atoms. The van der Waals surface area contributed by atoms with E-state index < -0.39 is 8.56 Å². The van der Waals surface area contributed by atoms with Gasteiger partial charge in [-0.1, -0.05) is 27.7 Å². The van der Waals surface area contributed by atoms with Crippen LogP contribution in [0.1, 0.15) is 34.6 Å². The first-order chi connectivity index (χ1) is 5.51. The highest BCUT2D eigenvalue weighted by Gasteiger charge is 2.43. The lowest BCUT2D eigenvalue weighted by atomic mass is 10.5. The van der Waals surface area contributed by atoms with E-state index in [2.05, 4.69) is 27.7 Å². The lowest BCUT2D eigenvalue weighted by Crippen LogP contribution is -2.47. The highest BCUT2D eigenvalue weighted by atomic mass is 28.4. The number of hydrogen-bond donors (Lipinski definition) is 0. The molecule has 0 saturated heterocycles. The van der Waals surface area contributed by atoms with Gasteiger partial charge < -0.3 is 8.85 Å². The fourth-order valence-corrected chi connectivity index (χ4v) is 5.27. The molecule has 3 heteroatoms. The summed E-state index contributed by atoms with van der Waals surface area (Å²) in [6, 6.07) is 0. The topological polar surface area (TPSA) is 18.5 Å². The van der Waals surface area contributed by atoms with Crippen molar-refractivity contribution in [3.05, 3.63) is 0 Å². The molecule has 0 radical (unpaired) electrons. The first-order valence-corrected chi connectivity index (χ1v) is 6.67. The van der Waals surface area contributed by atoms with Gasteiger partial charge in [0, 0.05) is 13.7 Å². The Morgan fingerprint density at radius 2 is 1.50 bits per heavy atom. The van der Waals surface area contributed by atoms with Crippen LogP contribution in [0.5, 0.6) is 0 Å². The molecule has 0 unspecified atom stereocenters. The quantitative estimate of drug-likeness (QED) is 0.621. The van der Waals surface area contributed by atoms with Crippen LogP contribution in [-0.2, 0) is 8.85 Å². The van der Waals surface area contributed by atoms with E-state index in [1.807, 2.05) is 6.92 Å². The zero-order valence-corrected chi connectivity index (χ0v) is 10.2. The van der Waals surface area contributed by atoms with Gasteiger partial charge in [-0.2, -0.15) is 0 Å². The van der Waals surface area contributed by atoms with E-state index in [-0.39, 0.29) is 0 Å². The van der Waals surface area contributed by atoms with Crippen LogP contribution in [-0.4, -0.2) is 22.3 Å². The third-order valence-electron chi connectivity index (χ3n) is 2.30. The first kappa shape index (κ1) is 12.1. The zero-order chi connectivity index (χ0) is 9.78. The molecule has 0 aromatic rings. The van der Waals surface area contributed by atoms with Crippen molar-refractivity contribution >= 4 is 8.56 Å². The fraction of sp³-hybridized carbons (Fsp3) is 1.00. The molecule has 0 aromatic heterocycles. The van der Waals surface area contributed by atoms with E-state index >= 15 is 0 Å². The molecule has 0 atom stereocenters.